The molecule has 1 N–H and O–H groups in total. The first-order chi connectivity index (χ1) is 14.4. The van der Waals surface area contributed by atoms with Crippen LogP contribution >= 0.6 is 0 Å². The zero-order valence-corrected chi connectivity index (χ0v) is 18.4. The van der Waals surface area contributed by atoms with Crippen molar-refractivity contribution in [3.05, 3.63) is 59.8 Å². The number of alkyl halides is 3. The summed E-state index contributed by atoms with van der Waals surface area (Å²) in [5.41, 5.74) is 1.36. The Bertz CT molecular complexity index is 1170. The maximum atomic E-state index is 13.1. The van der Waals surface area contributed by atoms with Crippen LogP contribution in [0.3, 0.4) is 0 Å². The zero-order valence-electron chi connectivity index (χ0n) is 17.6. The van der Waals surface area contributed by atoms with Crippen molar-refractivity contribution in [1.29, 1.82) is 0 Å². The summed E-state index contributed by atoms with van der Waals surface area (Å²) in [4.78, 5) is 16.3. The summed E-state index contributed by atoms with van der Waals surface area (Å²) >= 11 is 0. The normalized spacial score (nSPS) is 13.3. The number of pyridine rings is 1. The maximum Gasteiger partial charge on any atom is 0.416 e. The fourth-order valence-corrected chi connectivity index (χ4v) is 3.82. The number of halogens is 3. The van der Waals surface area contributed by atoms with E-state index >= 15 is 0 Å². The van der Waals surface area contributed by atoms with Crippen LogP contribution in [-0.4, -0.2) is 19.7 Å². The van der Waals surface area contributed by atoms with E-state index in [1.807, 2.05) is 20.8 Å². The second kappa shape index (κ2) is 8.42. The van der Waals surface area contributed by atoms with E-state index in [1.54, 1.807) is 24.3 Å². The molecule has 0 aliphatic rings. The Hall–Kier alpha value is -2.74. The van der Waals surface area contributed by atoms with Gasteiger partial charge in [-0.25, -0.2) is 9.19 Å². The minimum absolute atomic E-state index is 0.216. The summed E-state index contributed by atoms with van der Waals surface area (Å²) in [6.45, 7) is 7.04. The highest BCUT2D eigenvalue weighted by molar-refractivity contribution is 7.87. The van der Waals surface area contributed by atoms with Gasteiger partial charge in [0, 0.05) is 12.3 Å². The lowest BCUT2D eigenvalue weighted by Gasteiger charge is -2.23. The molecule has 31 heavy (non-hydrogen) atoms. The lowest BCUT2D eigenvalue weighted by atomic mass is 10.00. The highest BCUT2D eigenvalue weighted by atomic mass is 32.2. The number of nitrogens with zero attached hydrogens (tertiary/aromatic N) is 1. The molecule has 0 spiro atoms. The number of nitrogens with one attached hydrogen (secondary N) is 1. The number of fused-ring (bicyclic) bond motifs is 1. The largest absolute Gasteiger partial charge is 0.416 e. The minimum atomic E-state index is -4.44. The molecular formula is C23H23F3N2O2S. The van der Waals surface area contributed by atoms with Gasteiger partial charge < -0.3 is 4.72 Å². The highest BCUT2D eigenvalue weighted by Crippen LogP contribution is 2.34. The molecule has 0 saturated heterocycles. The predicted octanol–water partition coefficient (Wildman–Crippen LogP) is 6.39. The van der Waals surface area contributed by atoms with Gasteiger partial charge in [-0.15, -0.1) is 0 Å². The van der Waals surface area contributed by atoms with Crippen molar-refractivity contribution in [2.45, 2.75) is 45.0 Å². The molecule has 0 aliphatic carbocycles. The zero-order chi connectivity index (χ0) is 23.0. The van der Waals surface area contributed by atoms with Crippen LogP contribution in [0.2, 0.25) is 0 Å². The lowest BCUT2D eigenvalue weighted by Crippen LogP contribution is -2.30. The fraction of sp³-hybridized carbons (Fsp3) is 0.304. The molecule has 0 amide bonds. The number of carbonyl (C=O) groups excluding carboxylic acids is 1. The van der Waals surface area contributed by atoms with E-state index in [9.17, 15) is 22.2 Å². The predicted molar refractivity (Wildman–Crippen MR) is 118 cm³/mol. The molecule has 0 saturated carbocycles. The van der Waals surface area contributed by atoms with E-state index in [1.165, 1.54) is 19.1 Å². The van der Waals surface area contributed by atoms with Crippen LogP contribution < -0.4 is 4.72 Å². The van der Waals surface area contributed by atoms with E-state index < -0.39 is 27.5 Å². The van der Waals surface area contributed by atoms with Crippen LogP contribution in [0.15, 0.2) is 48.5 Å². The van der Waals surface area contributed by atoms with Crippen molar-refractivity contribution in [1.82, 2.24) is 4.98 Å². The van der Waals surface area contributed by atoms with E-state index in [0.717, 1.165) is 12.1 Å². The number of benzene rings is 2. The highest BCUT2D eigenvalue weighted by Gasteiger charge is 2.30. The molecule has 164 valence electrons. The van der Waals surface area contributed by atoms with Crippen LogP contribution in [0, 0.1) is 0 Å². The van der Waals surface area contributed by atoms with Crippen molar-refractivity contribution in [3.63, 3.8) is 0 Å². The Morgan fingerprint density at radius 1 is 1.06 bits per heavy atom. The van der Waals surface area contributed by atoms with Crippen LogP contribution in [0.25, 0.3) is 22.0 Å². The fourth-order valence-electron chi connectivity index (χ4n) is 2.91. The Balaban J connectivity index is 2.16. The number of ketones is 1. The van der Waals surface area contributed by atoms with Gasteiger partial charge in [0.1, 0.15) is 16.7 Å². The molecule has 1 heterocycles. The number of carbonyl (C=O) groups is 1. The van der Waals surface area contributed by atoms with Gasteiger partial charge in [0.25, 0.3) is 0 Å². The Kier molecular flexibility index (Phi) is 6.23. The monoisotopic (exact) mass is 448 g/mol. The molecule has 2 aromatic carbocycles. The number of hydrogen-bond donors (Lipinski definition) is 1. The smallest absolute Gasteiger partial charge is 0.304 e. The van der Waals surface area contributed by atoms with Crippen LogP contribution in [0.4, 0.5) is 18.9 Å². The molecule has 1 atom stereocenters. The minimum Gasteiger partial charge on any atom is -0.304 e. The molecule has 8 heteroatoms. The molecule has 0 bridgehead atoms. The molecular weight excluding hydrogens is 425 g/mol. The van der Waals surface area contributed by atoms with Gasteiger partial charge in [-0.05, 0) is 61.7 Å². The van der Waals surface area contributed by atoms with Crippen molar-refractivity contribution in [2.24, 2.45) is 0 Å². The molecule has 3 aromatic rings. The Morgan fingerprint density at radius 2 is 1.74 bits per heavy atom. The number of aromatic nitrogens is 1. The topological polar surface area (TPSA) is 59.1 Å². The lowest BCUT2D eigenvalue weighted by molar-refractivity contribution is -0.137. The van der Waals surface area contributed by atoms with E-state index in [0.29, 0.717) is 34.1 Å². The summed E-state index contributed by atoms with van der Waals surface area (Å²) in [6.07, 6.45) is -3.79. The van der Waals surface area contributed by atoms with Crippen LogP contribution in [-0.2, 0) is 17.2 Å². The number of rotatable bonds is 6. The average Bonchev–Trinajstić information content (AvgIpc) is 2.72. The summed E-state index contributed by atoms with van der Waals surface area (Å²) in [5, 5.41) is 0.570. The molecule has 0 aliphatic heterocycles. The van der Waals surface area contributed by atoms with E-state index in [2.05, 4.69) is 9.71 Å². The third kappa shape index (κ3) is 4.95. The first-order valence-electron chi connectivity index (χ1n) is 9.74. The van der Waals surface area contributed by atoms with Gasteiger partial charge in [0.15, 0.2) is 5.78 Å². The number of anilines is 1. The summed E-state index contributed by atoms with van der Waals surface area (Å²) < 4.78 is 54.7. The molecule has 0 radical (unpaired) electrons. The first kappa shape index (κ1) is 22.9. The third-order valence-corrected chi connectivity index (χ3v) is 6.95. The van der Waals surface area contributed by atoms with Crippen molar-refractivity contribution in [3.8, 4) is 11.1 Å². The Labute approximate surface area is 181 Å². The number of hydrogen-bond acceptors (Lipinski definition) is 3. The van der Waals surface area contributed by atoms with Gasteiger partial charge >= 0.3 is 6.18 Å². The third-order valence-electron chi connectivity index (χ3n) is 5.25. The standard InChI is InChI=1S/C23H23F3N2O2S/c1-5-22(3,4)31(30)28-21-13-20(14(2)29)27-19-10-9-16(12-18(19)21)15-7-6-8-17(11-15)23(24,25)26/h6-13H,5H2,1-4H3,(H,27,28). The average molecular weight is 449 g/mol. The molecule has 4 nitrogen and oxygen atoms in total. The van der Waals surface area contributed by atoms with Crippen molar-refractivity contribution in [2.75, 3.05) is 4.72 Å². The van der Waals surface area contributed by atoms with Gasteiger partial charge in [-0.2, -0.15) is 13.2 Å². The van der Waals surface area contributed by atoms with Gasteiger partial charge in [0.2, 0.25) is 0 Å². The van der Waals surface area contributed by atoms with Gasteiger partial charge in [0.05, 0.1) is 21.5 Å². The van der Waals surface area contributed by atoms with E-state index in [-0.39, 0.29) is 11.5 Å². The summed E-state index contributed by atoms with van der Waals surface area (Å²) in [7, 11) is -1.46. The molecule has 1 unspecified atom stereocenters. The summed E-state index contributed by atoms with van der Waals surface area (Å²) in [5.74, 6) is -0.243. The Morgan fingerprint density at radius 3 is 2.35 bits per heavy atom. The van der Waals surface area contributed by atoms with Crippen molar-refractivity contribution >= 4 is 33.4 Å². The SMILES string of the molecule is CCC(C)(C)S(=O)Nc1cc(C(C)=O)nc2ccc(-c3cccc(C(F)(F)F)c3)cc12. The molecule has 0 fully saturated rings. The first-order valence-corrected chi connectivity index (χ1v) is 10.9. The van der Waals surface area contributed by atoms with Gasteiger partial charge in [-0.3, -0.25) is 4.79 Å². The maximum absolute atomic E-state index is 13.1. The second-order valence-corrected chi connectivity index (χ2v) is 9.75. The molecule has 1 aromatic heterocycles. The number of Topliss-reactive ketones (excluding diaryl/α,β-unsaturated/α-hetero) is 1. The van der Waals surface area contributed by atoms with Gasteiger partial charge in [-0.1, -0.05) is 25.1 Å². The quantitative estimate of drug-likeness (QED) is 0.445. The van der Waals surface area contributed by atoms with Crippen molar-refractivity contribution < 1.29 is 22.2 Å². The van der Waals surface area contributed by atoms with Crippen LogP contribution in [0.1, 0.15) is 50.2 Å². The second-order valence-electron chi connectivity index (χ2n) is 7.91. The summed E-state index contributed by atoms with van der Waals surface area (Å²) in [6, 6.07) is 11.6. The van der Waals surface area contributed by atoms with E-state index in [4.69, 9.17) is 0 Å². The van der Waals surface area contributed by atoms with Crippen LogP contribution in [0.5, 0.6) is 0 Å². The molecule has 3 rings (SSSR count).